The monoisotopic (exact) mass is 261 g/mol. The SMILES string of the molecule is CN(C)S(=O)(=O)NCCNC(=O)c1ccco1. The standard InChI is InChI=1S/C9H15N3O4S/c1-12(2)17(14,15)11-6-5-10-9(13)8-4-3-7-16-8/h3-4,7,11H,5-6H2,1-2H3,(H,10,13). The van der Waals surface area contributed by atoms with Crippen LogP contribution in [-0.2, 0) is 10.2 Å². The van der Waals surface area contributed by atoms with Crippen LogP contribution in [0.1, 0.15) is 10.6 Å². The van der Waals surface area contributed by atoms with E-state index in [0.29, 0.717) is 0 Å². The molecule has 1 aromatic heterocycles. The van der Waals surface area contributed by atoms with Gasteiger partial charge in [0, 0.05) is 27.2 Å². The fraction of sp³-hybridized carbons (Fsp3) is 0.444. The Morgan fingerprint density at radius 1 is 1.41 bits per heavy atom. The molecule has 96 valence electrons. The van der Waals surface area contributed by atoms with Crippen molar-refractivity contribution in [3.05, 3.63) is 24.2 Å². The predicted octanol–water partition coefficient (Wildman–Crippen LogP) is -0.595. The maximum absolute atomic E-state index is 11.4. The molecule has 0 fully saturated rings. The molecular weight excluding hydrogens is 246 g/mol. The fourth-order valence-corrected chi connectivity index (χ4v) is 1.60. The molecule has 17 heavy (non-hydrogen) atoms. The molecule has 2 N–H and O–H groups in total. The zero-order valence-corrected chi connectivity index (χ0v) is 10.5. The third kappa shape index (κ3) is 4.17. The average molecular weight is 261 g/mol. The average Bonchev–Trinajstić information content (AvgIpc) is 2.77. The highest BCUT2D eigenvalue weighted by molar-refractivity contribution is 7.87. The van der Waals surface area contributed by atoms with Crippen molar-refractivity contribution in [3.8, 4) is 0 Å². The Hall–Kier alpha value is -1.38. The summed E-state index contributed by atoms with van der Waals surface area (Å²) < 4.78 is 30.8. The molecule has 0 aliphatic carbocycles. The van der Waals surface area contributed by atoms with Gasteiger partial charge in [-0.05, 0) is 12.1 Å². The van der Waals surface area contributed by atoms with Crippen LogP contribution in [0.25, 0.3) is 0 Å². The number of furan rings is 1. The van der Waals surface area contributed by atoms with Gasteiger partial charge in [0.25, 0.3) is 16.1 Å². The van der Waals surface area contributed by atoms with Crippen molar-refractivity contribution in [1.82, 2.24) is 14.3 Å². The smallest absolute Gasteiger partial charge is 0.287 e. The maximum Gasteiger partial charge on any atom is 0.287 e. The summed E-state index contributed by atoms with van der Waals surface area (Å²) >= 11 is 0. The van der Waals surface area contributed by atoms with Crippen molar-refractivity contribution in [2.24, 2.45) is 0 Å². The lowest BCUT2D eigenvalue weighted by molar-refractivity contribution is 0.0926. The summed E-state index contributed by atoms with van der Waals surface area (Å²) in [5.41, 5.74) is 0. The summed E-state index contributed by atoms with van der Waals surface area (Å²) in [5.74, 6) is -0.181. The molecule has 0 spiro atoms. The number of nitrogens with zero attached hydrogens (tertiary/aromatic N) is 1. The molecule has 0 bridgehead atoms. The van der Waals surface area contributed by atoms with E-state index < -0.39 is 10.2 Å². The van der Waals surface area contributed by atoms with Crippen molar-refractivity contribution in [1.29, 1.82) is 0 Å². The zero-order valence-electron chi connectivity index (χ0n) is 9.63. The summed E-state index contributed by atoms with van der Waals surface area (Å²) in [6.07, 6.45) is 1.39. The van der Waals surface area contributed by atoms with E-state index in [1.165, 1.54) is 26.4 Å². The summed E-state index contributed by atoms with van der Waals surface area (Å²) in [4.78, 5) is 11.4. The lowest BCUT2D eigenvalue weighted by Gasteiger charge is -2.12. The minimum Gasteiger partial charge on any atom is -0.459 e. The Morgan fingerprint density at radius 2 is 2.12 bits per heavy atom. The quantitative estimate of drug-likeness (QED) is 0.669. The number of hydrogen-bond acceptors (Lipinski definition) is 4. The second-order valence-corrected chi connectivity index (χ2v) is 5.38. The van der Waals surface area contributed by atoms with E-state index in [0.717, 1.165) is 4.31 Å². The number of carbonyl (C=O) groups excluding carboxylic acids is 1. The van der Waals surface area contributed by atoms with Crippen LogP contribution in [0.5, 0.6) is 0 Å². The molecule has 0 saturated heterocycles. The number of rotatable bonds is 6. The van der Waals surface area contributed by atoms with Gasteiger partial charge in [0.2, 0.25) is 0 Å². The Balaban J connectivity index is 2.28. The molecule has 0 aromatic carbocycles. The third-order valence-corrected chi connectivity index (χ3v) is 3.45. The maximum atomic E-state index is 11.4. The van der Waals surface area contributed by atoms with Gasteiger partial charge in [-0.2, -0.15) is 12.7 Å². The number of hydrogen-bond donors (Lipinski definition) is 2. The van der Waals surface area contributed by atoms with Crippen LogP contribution < -0.4 is 10.0 Å². The van der Waals surface area contributed by atoms with Crippen molar-refractivity contribution >= 4 is 16.1 Å². The summed E-state index contributed by atoms with van der Waals surface area (Å²) in [7, 11) is -0.601. The molecule has 7 nitrogen and oxygen atoms in total. The fourth-order valence-electron chi connectivity index (χ4n) is 0.980. The van der Waals surface area contributed by atoms with Crippen molar-refractivity contribution in [3.63, 3.8) is 0 Å². The molecule has 0 aliphatic heterocycles. The lowest BCUT2D eigenvalue weighted by Crippen LogP contribution is -2.40. The van der Waals surface area contributed by atoms with Crippen molar-refractivity contribution < 1.29 is 17.6 Å². The van der Waals surface area contributed by atoms with Crippen LogP contribution in [0.15, 0.2) is 22.8 Å². The molecule has 0 saturated carbocycles. The van der Waals surface area contributed by atoms with E-state index in [1.807, 2.05) is 0 Å². The molecule has 0 radical (unpaired) electrons. The third-order valence-electron chi connectivity index (χ3n) is 1.92. The second kappa shape index (κ2) is 5.80. The van der Waals surface area contributed by atoms with Gasteiger partial charge in [0.15, 0.2) is 5.76 Å². The Kier molecular flexibility index (Phi) is 4.67. The minimum atomic E-state index is -3.44. The first-order valence-corrected chi connectivity index (χ1v) is 6.36. The van der Waals surface area contributed by atoms with E-state index in [9.17, 15) is 13.2 Å². The van der Waals surface area contributed by atoms with Crippen LogP contribution in [0.3, 0.4) is 0 Å². The normalized spacial score (nSPS) is 11.7. The van der Waals surface area contributed by atoms with Gasteiger partial charge in [0.05, 0.1) is 6.26 Å². The molecule has 0 atom stereocenters. The Labute approximate surface area is 100.0 Å². The van der Waals surface area contributed by atoms with Gasteiger partial charge in [-0.1, -0.05) is 0 Å². The van der Waals surface area contributed by atoms with E-state index in [2.05, 4.69) is 10.0 Å². The van der Waals surface area contributed by atoms with E-state index in [4.69, 9.17) is 4.42 Å². The highest BCUT2D eigenvalue weighted by atomic mass is 32.2. The Bertz CT molecular complexity index is 453. The van der Waals surface area contributed by atoms with Gasteiger partial charge >= 0.3 is 0 Å². The van der Waals surface area contributed by atoms with Gasteiger partial charge in [-0.3, -0.25) is 4.79 Å². The number of amides is 1. The van der Waals surface area contributed by atoms with Crippen LogP contribution >= 0.6 is 0 Å². The highest BCUT2D eigenvalue weighted by Crippen LogP contribution is 1.98. The molecule has 1 heterocycles. The van der Waals surface area contributed by atoms with Gasteiger partial charge in [-0.15, -0.1) is 0 Å². The number of carbonyl (C=O) groups is 1. The van der Waals surface area contributed by atoms with Gasteiger partial charge < -0.3 is 9.73 Å². The largest absolute Gasteiger partial charge is 0.459 e. The van der Waals surface area contributed by atoms with Crippen molar-refractivity contribution in [2.75, 3.05) is 27.2 Å². The molecule has 1 amide bonds. The predicted molar refractivity (Wildman–Crippen MR) is 61.7 cm³/mol. The summed E-state index contributed by atoms with van der Waals surface area (Å²) in [6, 6.07) is 3.13. The molecule has 0 unspecified atom stereocenters. The van der Waals surface area contributed by atoms with Crippen LogP contribution in [0.2, 0.25) is 0 Å². The lowest BCUT2D eigenvalue weighted by atomic mass is 10.4. The first kappa shape index (κ1) is 13.7. The molecular formula is C9H15N3O4S. The first-order chi connectivity index (χ1) is 7.93. The van der Waals surface area contributed by atoms with E-state index in [1.54, 1.807) is 6.07 Å². The molecule has 0 aliphatic rings. The minimum absolute atomic E-state index is 0.118. The molecule has 1 aromatic rings. The zero-order chi connectivity index (χ0) is 12.9. The van der Waals surface area contributed by atoms with Crippen molar-refractivity contribution in [2.45, 2.75) is 0 Å². The molecule has 8 heteroatoms. The topological polar surface area (TPSA) is 91.7 Å². The highest BCUT2D eigenvalue weighted by Gasteiger charge is 2.12. The Morgan fingerprint density at radius 3 is 2.65 bits per heavy atom. The molecule has 1 rings (SSSR count). The first-order valence-electron chi connectivity index (χ1n) is 4.92. The van der Waals surface area contributed by atoms with E-state index in [-0.39, 0.29) is 24.8 Å². The van der Waals surface area contributed by atoms with Gasteiger partial charge in [-0.25, -0.2) is 4.72 Å². The van der Waals surface area contributed by atoms with Gasteiger partial charge in [0.1, 0.15) is 0 Å². The summed E-state index contributed by atoms with van der Waals surface area (Å²) in [6.45, 7) is 0.305. The van der Waals surface area contributed by atoms with Crippen LogP contribution in [0.4, 0.5) is 0 Å². The van der Waals surface area contributed by atoms with Crippen LogP contribution in [0, 0.1) is 0 Å². The number of nitrogens with one attached hydrogen (secondary N) is 2. The van der Waals surface area contributed by atoms with Crippen LogP contribution in [-0.4, -0.2) is 45.8 Å². The summed E-state index contributed by atoms with van der Waals surface area (Å²) in [5, 5.41) is 2.52. The van der Waals surface area contributed by atoms with E-state index >= 15 is 0 Å². The second-order valence-electron chi connectivity index (χ2n) is 3.41.